The van der Waals surface area contributed by atoms with E-state index in [1.165, 1.54) is 47.8 Å². The maximum absolute atomic E-state index is 13.7. The topological polar surface area (TPSA) is 81.1 Å². The van der Waals surface area contributed by atoms with E-state index in [4.69, 9.17) is 0 Å². The second kappa shape index (κ2) is 9.53. The Labute approximate surface area is 199 Å². The zero-order chi connectivity index (χ0) is 23.7. The Balaban J connectivity index is 1.49. The van der Waals surface area contributed by atoms with E-state index in [2.05, 4.69) is 34.6 Å². The Hall–Kier alpha value is -3.28. The largest absolute Gasteiger partial charge is 0.380 e. The molecule has 2 aliphatic carbocycles. The van der Waals surface area contributed by atoms with E-state index in [1.54, 1.807) is 6.92 Å². The van der Waals surface area contributed by atoms with Gasteiger partial charge in [0.2, 0.25) is 0 Å². The van der Waals surface area contributed by atoms with Crippen molar-refractivity contribution in [1.29, 1.82) is 0 Å². The van der Waals surface area contributed by atoms with Gasteiger partial charge in [0.25, 0.3) is 5.56 Å². The molecule has 0 spiro atoms. The monoisotopic (exact) mass is 457 g/mol. The first-order valence-corrected chi connectivity index (χ1v) is 12.4. The molecule has 2 aliphatic rings. The molecule has 2 saturated carbocycles. The molecular weight excluding hydrogens is 426 g/mol. The molecule has 2 aromatic carbocycles. The highest BCUT2D eigenvalue weighted by molar-refractivity contribution is 6.03. The summed E-state index contributed by atoms with van der Waals surface area (Å²) in [5.41, 5.74) is 3.77. The maximum Gasteiger partial charge on any atom is 0.264 e. The highest BCUT2D eigenvalue weighted by Gasteiger charge is 2.31. The van der Waals surface area contributed by atoms with Crippen molar-refractivity contribution < 1.29 is 9.59 Å². The second-order valence-electron chi connectivity index (χ2n) is 9.66. The number of ketones is 2. The molecule has 0 radical (unpaired) electrons. The van der Waals surface area contributed by atoms with Gasteiger partial charge in [-0.05, 0) is 55.4 Å². The molecule has 6 heteroatoms. The van der Waals surface area contributed by atoms with Crippen molar-refractivity contribution in [3.8, 4) is 0 Å². The molecule has 0 aliphatic heterocycles. The Bertz CT molecular complexity index is 1300. The molecule has 1 unspecified atom stereocenters. The molecule has 0 bridgehead atoms. The van der Waals surface area contributed by atoms with Crippen molar-refractivity contribution in [2.75, 3.05) is 5.32 Å². The van der Waals surface area contributed by atoms with E-state index >= 15 is 0 Å². The van der Waals surface area contributed by atoms with E-state index in [0.29, 0.717) is 42.0 Å². The predicted octanol–water partition coefficient (Wildman–Crippen LogP) is 5.23. The summed E-state index contributed by atoms with van der Waals surface area (Å²) in [5, 5.41) is 3.99. The summed E-state index contributed by atoms with van der Waals surface area (Å²) in [6.45, 7) is 2.38. The number of carbonyl (C=O) groups is 2. The van der Waals surface area contributed by atoms with Crippen LogP contribution in [-0.2, 0) is 16.1 Å². The third-order valence-electron chi connectivity index (χ3n) is 7.43. The summed E-state index contributed by atoms with van der Waals surface area (Å²) < 4.78 is 1.50. The Kier molecular flexibility index (Phi) is 6.31. The number of nitrogens with one attached hydrogen (secondary N) is 1. The van der Waals surface area contributed by atoms with Crippen LogP contribution in [0.1, 0.15) is 80.3 Å². The quantitative estimate of drug-likeness (QED) is 0.531. The summed E-state index contributed by atoms with van der Waals surface area (Å²) in [7, 11) is 0. The fourth-order valence-corrected chi connectivity index (χ4v) is 5.70. The number of aryl methyl sites for hydroxylation is 1. The minimum absolute atomic E-state index is 0.0558. The van der Waals surface area contributed by atoms with Crippen molar-refractivity contribution in [2.24, 2.45) is 0 Å². The first-order valence-electron chi connectivity index (χ1n) is 12.4. The van der Waals surface area contributed by atoms with Crippen molar-refractivity contribution in [3.05, 3.63) is 69.8 Å². The van der Waals surface area contributed by atoms with Gasteiger partial charge in [0, 0.05) is 18.7 Å². The van der Waals surface area contributed by atoms with Crippen LogP contribution in [0.2, 0.25) is 0 Å². The van der Waals surface area contributed by atoms with Gasteiger partial charge < -0.3 is 5.32 Å². The van der Waals surface area contributed by atoms with Crippen LogP contribution in [0.25, 0.3) is 10.9 Å². The Morgan fingerprint density at radius 3 is 2.56 bits per heavy atom. The van der Waals surface area contributed by atoms with Crippen molar-refractivity contribution in [1.82, 2.24) is 9.55 Å². The molecule has 1 heterocycles. The number of fused-ring (bicyclic) bond motifs is 1. The van der Waals surface area contributed by atoms with Gasteiger partial charge in [-0.1, -0.05) is 49.6 Å². The lowest BCUT2D eigenvalue weighted by Gasteiger charge is -2.25. The molecule has 2 fully saturated rings. The van der Waals surface area contributed by atoms with Crippen LogP contribution in [0.4, 0.5) is 5.69 Å². The third-order valence-corrected chi connectivity index (χ3v) is 7.43. The van der Waals surface area contributed by atoms with Crippen LogP contribution >= 0.6 is 0 Å². The van der Waals surface area contributed by atoms with Gasteiger partial charge in [-0.2, -0.15) is 0 Å². The van der Waals surface area contributed by atoms with Crippen molar-refractivity contribution >= 4 is 28.2 Å². The molecule has 0 saturated heterocycles. The van der Waals surface area contributed by atoms with Crippen LogP contribution < -0.4 is 10.9 Å². The van der Waals surface area contributed by atoms with Crippen LogP contribution in [0.5, 0.6) is 0 Å². The van der Waals surface area contributed by atoms with Crippen molar-refractivity contribution in [2.45, 2.75) is 76.8 Å². The van der Waals surface area contributed by atoms with E-state index < -0.39 is 6.04 Å². The molecule has 34 heavy (non-hydrogen) atoms. The molecule has 1 N–H and O–H groups in total. The van der Waals surface area contributed by atoms with Gasteiger partial charge >= 0.3 is 0 Å². The van der Waals surface area contributed by atoms with Crippen LogP contribution in [0.15, 0.2) is 47.3 Å². The average Bonchev–Trinajstić information content (AvgIpc) is 2.84. The van der Waals surface area contributed by atoms with Crippen LogP contribution in [0, 0.1) is 6.92 Å². The van der Waals surface area contributed by atoms with Gasteiger partial charge in [-0.15, -0.1) is 0 Å². The summed E-state index contributed by atoms with van der Waals surface area (Å²) >= 11 is 0. The zero-order valence-electron chi connectivity index (χ0n) is 19.7. The number of benzene rings is 2. The third kappa shape index (κ3) is 4.29. The summed E-state index contributed by atoms with van der Waals surface area (Å²) in [6, 6.07) is 13.6. The highest BCUT2D eigenvalue weighted by Crippen LogP contribution is 2.35. The summed E-state index contributed by atoms with van der Waals surface area (Å²) in [5.74, 6) is 0.847. The summed E-state index contributed by atoms with van der Waals surface area (Å²) in [6.07, 6.45) is 6.93. The van der Waals surface area contributed by atoms with Gasteiger partial charge in [0.15, 0.2) is 5.78 Å². The standard InChI is InChI=1S/C28H31N3O3/c1-18-30-24-13-7-12-23(27(24)28(34)31(18)25-15-14-21(32)16-26(25)33)29-17-20-10-5-6-11-22(20)19-8-3-2-4-9-19/h5-7,10-13,19,25,29H,2-4,8-9,14-17H2,1H3. The minimum Gasteiger partial charge on any atom is -0.380 e. The molecular formula is C28H31N3O3. The zero-order valence-corrected chi connectivity index (χ0v) is 19.7. The normalized spacial score (nSPS) is 19.5. The lowest BCUT2D eigenvalue weighted by atomic mass is 9.82. The predicted molar refractivity (Wildman–Crippen MR) is 133 cm³/mol. The molecule has 6 nitrogen and oxygen atoms in total. The number of Topliss-reactive ketones (excluding diaryl/α,β-unsaturated/α-hetero) is 2. The summed E-state index contributed by atoms with van der Waals surface area (Å²) in [4.78, 5) is 42.6. The number of carbonyl (C=O) groups excluding carboxylic acids is 2. The molecule has 1 aromatic heterocycles. The fraction of sp³-hybridized carbons (Fsp3) is 0.429. The number of aromatic nitrogens is 2. The highest BCUT2D eigenvalue weighted by atomic mass is 16.2. The van der Waals surface area contributed by atoms with E-state index in [9.17, 15) is 14.4 Å². The average molecular weight is 458 g/mol. The van der Waals surface area contributed by atoms with Gasteiger partial charge in [0.1, 0.15) is 11.6 Å². The van der Waals surface area contributed by atoms with E-state index in [-0.39, 0.29) is 23.5 Å². The van der Waals surface area contributed by atoms with Crippen LogP contribution in [0.3, 0.4) is 0 Å². The number of hydrogen-bond donors (Lipinski definition) is 1. The maximum atomic E-state index is 13.7. The van der Waals surface area contributed by atoms with Gasteiger partial charge in [-0.3, -0.25) is 19.0 Å². The molecule has 1 atom stereocenters. The Morgan fingerprint density at radius 1 is 0.971 bits per heavy atom. The molecule has 176 valence electrons. The molecule has 0 amide bonds. The number of rotatable bonds is 5. The second-order valence-corrected chi connectivity index (χ2v) is 9.66. The smallest absolute Gasteiger partial charge is 0.264 e. The Morgan fingerprint density at radius 2 is 1.76 bits per heavy atom. The van der Waals surface area contributed by atoms with E-state index in [0.717, 1.165) is 5.69 Å². The number of anilines is 1. The molecule has 3 aromatic rings. The molecule has 5 rings (SSSR count). The first-order chi connectivity index (χ1) is 16.5. The lowest BCUT2D eigenvalue weighted by Crippen LogP contribution is -2.36. The van der Waals surface area contributed by atoms with Gasteiger partial charge in [0.05, 0.1) is 23.4 Å². The SMILES string of the molecule is Cc1nc2cccc(NCc3ccccc3C3CCCCC3)c2c(=O)n1C1CCC(=O)CC1=O. The van der Waals surface area contributed by atoms with Crippen LogP contribution in [-0.4, -0.2) is 21.1 Å². The lowest BCUT2D eigenvalue weighted by molar-refractivity contribution is -0.132. The van der Waals surface area contributed by atoms with Crippen molar-refractivity contribution in [3.63, 3.8) is 0 Å². The van der Waals surface area contributed by atoms with Gasteiger partial charge in [-0.25, -0.2) is 4.98 Å². The number of hydrogen-bond acceptors (Lipinski definition) is 5. The fourth-order valence-electron chi connectivity index (χ4n) is 5.70. The minimum atomic E-state index is -0.623. The first kappa shape index (κ1) is 22.5. The number of nitrogens with zero attached hydrogens (tertiary/aromatic N) is 2. The van der Waals surface area contributed by atoms with E-state index in [1.807, 2.05) is 18.2 Å².